The molecule has 0 aliphatic carbocycles. The van der Waals surface area contributed by atoms with E-state index in [2.05, 4.69) is 5.32 Å². The molecular formula is C14H12Cl3NO2S. The fourth-order valence-electron chi connectivity index (χ4n) is 1.88. The van der Waals surface area contributed by atoms with Gasteiger partial charge in [-0.3, -0.25) is 0 Å². The molecule has 0 atom stereocenters. The van der Waals surface area contributed by atoms with E-state index < -0.39 is 9.84 Å². The Labute approximate surface area is 138 Å². The Morgan fingerprint density at radius 3 is 2.29 bits per heavy atom. The van der Waals surface area contributed by atoms with Crippen molar-refractivity contribution in [1.82, 2.24) is 0 Å². The van der Waals surface area contributed by atoms with Crippen molar-refractivity contribution in [3.63, 3.8) is 0 Å². The van der Waals surface area contributed by atoms with Gasteiger partial charge in [0, 0.05) is 23.4 Å². The molecule has 2 aromatic rings. The summed E-state index contributed by atoms with van der Waals surface area (Å²) in [6, 6.07) is 9.96. The van der Waals surface area contributed by atoms with Gasteiger partial charge in [-0.1, -0.05) is 46.9 Å². The first-order valence-electron chi connectivity index (χ1n) is 5.96. The Hall–Kier alpha value is -0.940. The van der Waals surface area contributed by atoms with Crippen molar-refractivity contribution in [2.75, 3.05) is 11.6 Å². The number of hydrogen-bond acceptors (Lipinski definition) is 3. The summed E-state index contributed by atoms with van der Waals surface area (Å²) in [5, 5.41) is 4.24. The molecule has 2 aromatic carbocycles. The fourth-order valence-corrected chi connectivity index (χ4v) is 3.50. The predicted molar refractivity (Wildman–Crippen MR) is 88.4 cm³/mol. The van der Waals surface area contributed by atoms with Crippen LogP contribution in [0, 0.1) is 0 Å². The first-order valence-corrected chi connectivity index (χ1v) is 8.98. The molecule has 0 unspecified atom stereocenters. The van der Waals surface area contributed by atoms with E-state index in [0.717, 1.165) is 6.26 Å². The van der Waals surface area contributed by atoms with Crippen LogP contribution in [0.15, 0.2) is 41.3 Å². The van der Waals surface area contributed by atoms with E-state index in [-0.39, 0.29) is 11.4 Å². The molecule has 112 valence electrons. The average Bonchev–Trinajstić information content (AvgIpc) is 2.40. The van der Waals surface area contributed by atoms with Crippen molar-refractivity contribution in [3.05, 3.63) is 57.0 Å². The number of sulfone groups is 1. The molecule has 1 N–H and O–H groups in total. The Bertz CT molecular complexity index is 776. The molecule has 0 fully saturated rings. The molecule has 0 saturated heterocycles. The van der Waals surface area contributed by atoms with E-state index in [1.54, 1.807) is 30.3 Å². The zero-order valence-electron chi connectivity index (χ0n) is 11.0. The van der Waals surface area contributed by atoms with E-state index in [0.29, 0.717) is 26.3 Å². The molecule has 7 heteroatoms. The number of hydrogen-bond donors (Lipinski definition) is 1. The highest BCUT2D eigenvalue weighted by molar-refractivity contribution is 7.90. The second-order valence-corrected chi connectivity index (χ2v) is 7.62. The molecule has 21 heavy (non-hydrogen) atoms. The zero-order chi connectivity index (χ0) is 15.6. The largest absolute Gasteiger partial charge is 0.380 e. The first kappa shape index (κ1) is 16.4. The van der Waals surface area contributed by atoms with Crippen molar-refractivity contribution in [2.24, 2.45) is 0 Å². The highest BCUT2D eigenvalue weighted by Crippen LogP contribution is 2.31. The van der Waals surface area contributed by atoms with Crippen LogP contribution in [0.3, 0.4) is 0 Å². The topological polar surface area (TPSA) is 46.2 Å². The van der Waals surface area contributed by atoms with E-state index >= 15 is 0 Å². The summed E-state index contributed by atoms with van der Waals surface area (Å²) in [5.41, 5.74) is 1.11. The van der Waals surface area contributed by atoms with Crippen LogP contribution >= 0.6 is 34.8 Å². The van der Waals surface area contributed by atoms with Gasteiger partial charge in [-0.2, -0.15) is 0 Å². The summed E-state index contributed by atoms with van der Waals surface area (Å²) in [7, 11) is -3.36. The van der Waals surface area contributed by atoms with Gasteiger partial charge in [0.25, 0.3) is 0 Å². The fraction of sp³-hybridized carbons (Fsp3) is 0.143. The molecule has 0 aromatic heterocycles. The Morgan fingerprint density at radius 1 is 1.00 bits per heavy atom. The first-order chi connectivity index (χ1) is 9.80. The third-order valence-corrected chi connectivity index (χ3v) is 5.24. The second-order valence-electron chi connectivity index (χ2n) is 4.44. The quantitative estimate of drug-likeness (QED) is 0.858. The molecule has 0 spiro atoms. The van der Waals surface area contributed by atoms with Gasteiger partial charge in [-0.05, 0) is 24.3 Å². The zero-order valence-corrected chi connectivity index (χ0v) is 14.1. The minimum Gasteiger partial charge on any atom is -0.380 e. The highest BCUT2D eigenvalue weighted by atomic mass is 35.5. The molecular weight excluding hydrogens is 353 g/mol. The standard InChI is InChI=1S/C14H12Cl3NO2S/c1-21(19,20)13-7-3-4-10(15)9(13)8-18-12-6-2-5-11(16)14(12)17/h2-7,18H,8H2,1H3. The van der Waals surface area contributed by atoms with E-state index in [1.165, 1.54) is 6.07 Å². The lowest BCUT2D eigenvalue weighted by atomic mass is 10.2. The molecule has 0 aliphatic heterocycles. The van der Waals surface area contributed by atoms with Crippen LogP contribution in [0.1, 0.15) is 5.56 Å². The SMILES string of the molecule is CS(=O)(=O)c1cccc(Cl)c1CNc1cccc(Cl)c1Cl. The van der Waals surface area contributed by atoms with Gasteiger partial charge in [0.15, 0.2) is 9.84 Å². The summed E-state index contributed by atoms with van der Waals surface area (Å²) < 4.78 is 23.6. The van der Waals surface area contributed by atoms with Gasteiger partial charge in [-0.15, -0.1) is 0 Å². The van der Waals surface area contributed by atoms with Crippen LogP contribution < -0.4 is 5.32 Å². The van der Waals surface area contributed by atoms with Crippen molar-refractivity contribution in [3.8, 4) is 0 Å². The van der Waals surface area contributed by atoms with E-state index in [4.69, 9.17) is 34.8 Å². The Kier molecular flexibility index (Phi) is 5.04. The van der Waals surface area contributed by atoms with Crippen molar-refractivity contribution < 1.29 is 8.42 Å². The predicted octanol–water partition coefficient (Wildman–Crippen LogP) is 4.66. The molecule has 2 rings (SSSR count). The second kappa shape index (κ2) is 6.44. The van der Waals surface area contributed by atoms with Crippen LogP contribution in [-0.2, 0) is 16.4 Å². The number of anilines is 1. The van der Waals surface area contributed by atoms with Gasteiger partial charge in [-0.25, -0.2) is 8.42 Å². The molecule has 0 aliphatic rings. The smallest absolute Gasteiger partial charge is 0.175 e. The number of rotatable bonds is 4. The third-order valence-electron chi connectivity index (χ3n) is 2.88. The Morgan fingerprint density at radius 2 is 1.62 bits per heavy atom. The van der Waals surface area contributed by atoms with Crippen LogP contribution in [0.4, 0.5) is 5.69 Å². The number of nitrogens with one attached hydrogen (secondary N) is 1. The summed E-state index contributed by atoms with van der Waals surface area (Å²) in [6.07, 6.45) is 1.15. The molecule has 3 nitrogen and oxygen atoms in total. The summed E-state index contributed by atoms with van der Waals surface area (Å²) in [5.74, 6) is 0. The van der Waals surface area contributed by atoms with Gasteiger partial charge in [0.1, 0.15) is 0 Å². The lowest BCUT2D eigenvalue weighted by molar-refractivity contribution is 0.601. The van der Waals surface area contributed by atoms with Crippen molar-refractivity contribution in [1.29, 1.82) is 0 Å². The van der Waals surface area contributed by atoms with Crippen molar-refractivity contribution >= 4 is 50.3 Å². The average molecular weight is 365 g/mol. The van der Waals surface area contributed by atoms with Crippen LogP contribution in [0.25, 0.3) is 0 Å². The van der Waals surface area contributed by atoms with Crippen molar-refractivity contribution in [2.45, 2.75) is 11.4 Å². The lowest BCUT2D eigenvalue weighted by Gasteiger charge is -2.13. The van der Waals surface area contributed by atoms with Crippen LogP contribution in [-0.4, -0.2) is 14.7 Å². The molecule has 0 heterocycles. The summed E-state index contributed by atoms with van der Waals surface area (Å²) >= 11 is 18.1. The van der Waals surface area contributed by atoms with E-state index in [1.807, 2.05) is 0 Å². The molecule has 0 bridgehead atoms. The number of benzene rings is 2. The minimum absolute atomic E-state index is 0.195. The van der Waals surface area contributed by atoms with Gasteiger partial charge >= 0.3 is 0 Å². The highest BCUT2D eigenvalue weighted by Gasteiger charge is 2.16. The maximum atomic E-state index is 11.8. The van der Waals surface area contributed by atoms with Gasteiger partial charge in [0.2, 0.25) is 0 Å². The molecule has 0 radical (unpaired) electrons. The van der Waals surface area contributed by atoms with Crippen LogP contribution in [0.5, 0.6) is 0 Å². The summed E-state index contributed by atoms with van der Waals surface area (Å²) in [6.45, 7) is 0.224. The maximum absolute atomic E-state index is 11.8. The monoisotopic (exact) mass is 363 g/mol. The van der Waals surface area contributed by atoms with Gasteiger partial charge < -0.3 is 5.32 Å². The van der Waals surface area contributed by atoms with Crippen LogP contribution in [0.2, 0.25) is 15.1 Å². The molecule has 0 amide bonds. The maximum Gasteiger partial charge on any atom is 0.175 e. The summed E-state index contributed by atoms with van der Waals surface area (Å²) in [4.78, 5) is 0.195. The lowest BCUT2D eigenvalue weighted by Crippen LogP contribution is -2.08. The minimum atomic E-state index is -3.36. The molecule has 0 saturated carbocycles. The third kappa shape index (κ3) is 3.83. The van der Waals surface area contributed by atoms with Gasteiger partial charge in [0.05, 0.1) is 20.6 Å². The normalized spacial score (nSPS) is 11.4. The van der Waals surface area contributed by atoms with E-state index in [9.17, 15) is 8.42 Å². The number of halogens is 3. The Balaban J connectivity index is 2.35.